The molecule has 32 heavy (non-hydrogen) atoms. The van der Waals surface area contributed by atoms with Crippen LogP contribution >= 0.6 is 0 Å². The van der Waals surface area contributed by atoms with Crippen molar-refractivity contribution >= 4 is 11.5 Å². The molecule has 1 saturated heterocycles. The van der Waals surface area contributed by atoms with Gasteiger partial charge in [0.2, 0.25) is 0 Å². The molecule has 0 amide bonds. The average Bonchev–Trinajstić information content (AvgIpc) is 2.89. The normalized spacial score (nSPS) is 16.7. The first-order valence-corrected chi connectivity index (χ1v) is 10.7. The van der Waals surface area contributed by atoms with Crippen molar-refractivity contribution in [1.29, 1.82) is 0 Å². The smallest absolute Gasteiger partial charge is 0.310 e. The molecular weight excluding hydrogens is 416 g/mol. The van der Waals surface area contributed by atoms with Crippen LogP contribution in [0.2, 0.25) is 0 Å². The fourth-order valence-electron chi connectivity index (χ4n) is 4.47. The maximum atomic E-state index is 14.4. The van der Waals surface area contributed by atoms with E-state index in [-0.39, 0.29) is 18.2 Å². The predicted octanol–water partition coefficient (Wildman–Crippen LogP) is 4.87. The molecule has 0 aromatic heterocycles. The molecule has 170 valence electrons. The van der Waals surface area contributed by atoms with Gasteiger partial charge in [0.05, 0.1) is 12.5 Å². The zero-order valence-corrected chi connectivity index (χ0v) is 18.5. The second-order valence-electron chi connectivity index (χ2n) is 9.02. The minimum Gasteiger partial charge on any atom is -0.494 e. The van der Waals surface area contributed by atoms with Gasteiger partial charge in [-0.3, -0.25) is 4.79 Å². The van der Waals surface area contributed by atoms with Crippen LogP contribution in [-0.4, -0.2) is 42.7 Å². The van der Waals surface area contributed by atoms with E-state index >= 15 is 0 Å². The number of ether oxygens (including phenoxy) is 2. The van der Waals surface area contributed by atoms with E-state index in [0.29, 0.717) is 49.4 Å². The lowest BCUT2D eigenvalue weighted by Gasteiger charge is -2.34. The summed E-state index contributed by atoms with van der Waals surface area (Å²) in [6.45, 7) is 5.45. The first-order valence-electron chi connectivity index (χ1n) is 10.7. The third-order valence-corrected chi connectivity index (χ3v) is 6.25. The number of carbonyl (C=O) groups is 1. The lowest BCUT2D eigenvalue weighted by atomic mass is 9.85. The van der Waals surface area contributed by atoms with E-state index in [9.17, 15) is 18.7 Å². The fraction of sp³-hybridized carbons (Fsp3) is 0.400. The zero-order valence-electron chi connectivity index (χ0n) is 18.5. The SMILES string of the molecule is COc1cc2c(cc1F)COc1ccc(F)cc1C2=C1CCN(CC(C)(C)C(=O)O)CC1. The van der Waals surface area contributed by atoms with Crippen LogP contribution in [-0.2, 0) is 11.4 Å². The van der Waals surface area contributed by atoms with Crippen molar-refractivity contribution in [3.05, 3.63) is 64.2 Å². The Labute approximate surface area is 186 Å². The summed E-state index contributed by atoms with van der Waals surface area (Å²) in [6.07, 6.45) is 1.39. The van der Waals surface area contributed by atoms with Crippen LogP contribution in [0.1, 0.15) is 43.4 Å². The number of hydrogen-bond acceptors (Lipinski definition) is 4. The summed E-state index contributed by atoms with van der Waals surface area (Å²) in [7, 11) is 1.42. The summed E-state index contributed by atoms with van der Waals surface area (Å²) in [5, 5.41) is 9.45. The van der Waals surface area contributed by atoms with Crippen molar-refractivity contribution < 1.29 is 28.2 Å². The molecule has 0 unspecified atom stereocenters. The van der Waals surface area contributed by atoms with Crippen LogP contribution in [0.3, 0.4) is 0 Å². The van der Waals surface area contributed by atoms with E-state index in [2.05, 4.69) is 4.90 Å². The topological polar surface area (TPSA) is 59.0 Å². The summed E-state index contributed by atoms with van der Waals surface area (Å²) in [6, 6.07) is 7.50. The summed E-state index contributed by atoms with van der Waals surface area (Å²) in [4.78, 5) is 13.7. The maximum Gasteiger partial charge on any atom is 0.310 e. The molecular formula is C25H27F2NO4. The Morgan fingerprint density at radius 1 is 1.16 bits per heavy atom. The van der Waals surface area contributed by atoms with Gasteiger partial charge in [-0.25, -0.2) is 8.78 Å². The third kappa shape index (κ3) is 4.21. The zero-order chi connectivity index (χ0) is 23.0. The molecule has 4 rings (SSSR count). The number of piperidine rings is 1. The number of benzene rings is 2. The number of fused-ring (bicyclic) bond motifs is 2. The van der Waals surface area contributed by atoms with Crippen molar-refractivity contribution in [2.75, 3.05) is 26.7 Å². The molecule has 2 aromatic rings. The van der Waals surface area contributed by atoms with Gasteiger partial charge in [-0.1, -0.05) is 5.57 Å². The number of carboxylic acids is 1. The van der Waals surface area contributed by atoms with Crippen molar-refractivity contribution in [2.45, 2.75) is 33.3 Å². The Bertz CT molecular complexity index is 1080. The van der Waals surface area contributed by atoms with E-state index in [1.54, 1.807) is 26.0 Å². The van der Waals surface area contributed by atoms with Crippen molar-refractivity contribution in [3.63, 3.8) is 0 Å². The van der Waals surface area contributed by atoms with Crippen molar-refractivity contribution in [3.8, 4) is 11.5 Å². The highest BCUT2D eigenvalue weighted by molar-refractivity contribution is 5.87. The Hall–Kier alpha value is -2.93. The lowest BCUT2D eigenvalue weighted by Crippen LogP contribution is -2.42. The maximum absolute atomic E-state index is 14.4. The standard InChI is InChI=1S/C25H27F2NO4/c1-25(2,24(29)30)14-28-8-6-15(7-9-28)23-18-12-22(31-3)20(27)10-16(18)13-32-21-5-4-17(26)11-19(21)23/h4-5,10-12H,6-9,13-14H2,1-3H3,(H,29,30). The molecule has 2 heterocycles. The van der Waals surface area contributed by atoms with Gasteiger partial charge in [0.1, 0.15) is 18.2 Å². The number of hydrogen-bond donors (Lipinski definition) is 1. The molecule has 2 aromatic carbocycles. The predicted molar refractivity (Wildman–Crippen MR) is 117 cm³/mol. The number of halogens is 2. The first kappa shape index (κ1) is 22.3. The highest BCUT2D eigenvalue weighted by atomic mass is 19.1. The molecule has 0 atom stereocenters. The van der Waals surface area contributed by atoms with Crippen LogP contribution in [0.5, 0.6) is 11.5 Å². The summed E-state index contributed by atoms with van der Waals surface area (Å²) < 4.78 is 39.8. The quantitative estimate of drug-likeness (QED) is 0.730. The molecule has 0 spiro atoms. The van der Waals surface area contributed by atoms with E-state index in [1.165, 1.54) is 25.3 Å². The number of methoxy groups -OCH3 is 1. The number of nitrogens with zero attached hydrogens (tertiary/aromatic N) is 1. The average molecular weight is 443 g/mol. The highest BCUT2D eigenvalue weighted by Crippen LogP contribution is 2.43. The van der Waals surface area contributed by atoms with E-state index in [1.807, 2.05) is 0 Å². The fourth-order valence-corrected chi connectivity index (χ4v) is 4.47. The second-order valence-corrected chi connectivity index (χ2v) is 9.02. The van der Waals surface area contributed by atoms with Gasteiger partial charge in [0.25, 0.3) is 0 Å². The first-order chi connectivity index (χ1) is 15.2. The minimum absolute atomic E-state index is 0.127. The van der Waals surface area contributed by atoms with Crippen LogP contribution in [0.15, 0.2) is 35.9 Å². The molecule has 0 radical (unpaired) electrons. The number of likely N-dealkylation sites (tertiary alicyclic amines) is 1. The summed E-state index contributed by atoms with van der Waals surface area (Å²) in [5.41, 5.74) is 3.23. The van der Waals surface area contributed by atoms with Gasteiger partial charge in [0.15, 0.2) is 11.6 Å². The summed E-state index contributed by atoms with van der Waals surface area (Å²) >= 11 is 0. The van der Waals surface area contributed by atoms with E-state index in [4.69, 9.17) is 9.47 Å². The van der Waals surface area contributed by atoms with Gasteiger partial charge in [-0.2, -0.15) is 0 Å². The lowest BCUT2D eigenvalue weighted by molar-refractivity contribution is -0.148. The number of rotatable bonds is 4. The molecule has 7 heteroatoms. The molecule has 2 aliphatic rings. The van der Waals surface area contributed by atoms with E-state index < -0.39 is 17.2 Å². The Morgan fingerprint density at radius 3 is 2.53 bits per heavy atom. The minimum atomic E-state index is -0.839. The Morgan fingerprint density at radius 2 is 1.88 bits per heavy atom. The van der Waals surface area contributed by atoms with Crippen LogP contribution in [0.25, 0.3) is 5.57 Å². The third-order valence-electron chi connectivity index (χ3n) is 6.25. The van der Waals surface area contributed by atoms with Gasteiger partial charge >= 0.3 is 5.97 Å². The van der Waals surface area contributed by atoms with Gasteiger partial charge in [0, 0.05) is 30.8 Å². The molecule has 0 bridgehead atoms. The Kier molecular flexibility index (Phi) is 5.95. The molecule has 2 aliphatic heterocycles. The Balaban J connectivity index is 1.77. The highest BCUT2D eigenvalue weighted by Gasteiger charge is 2.32. The van der Waals surface area contributed by atoms with Crippen molar-refractivity contribution in [2.24, 2.45) is 5.41 Å². The largest absolute Gasteiger partial charge is 0.494 e. The van der Waals surface area contributed by atoms with Crippen molar-refractivity contribution in [1.82, 2.24) is 4.90 Å². The van der Waals surface area contributed by atoms with Crippen LogP contribution in [0, 0.1) is 17.0 Å². The number of aliphatic carboxylic acids is 1. The van der Waals surface area contributed by atoms with Crippen LogP contribution in [0.4, 0.5) is 8.78 Å². The molecule has 1 N–H and O–H groups in total. The van der Waals surface area contributed by atoms with Gasteiger partial charge < -0.3 is 19.5 Å². The summed E-state index contributed by atoms with van der Waals surface area (Å²) in [5.74, 6) is -0.984. The second kappa shape index (κ2) is 8.54. The van der Waals surface area contributed by atoms with Gasteiger partial charge in [-0.05, 0) is 68.2 Å². The number of carboxylic acid groups (broad SMARTS) is 1. The molecule has 0 aliphatic carbocycles. The molecule has 5 nitrogen and oxygen atoms in total. The van der Waals surface area contributed by atoms with Gasteiger partial charge in [-0.15, -0.1) is 0 Å². The van der Waals surface area contributed by atoms with Crippen LogP contribution < -0.4 is 9.47 Å². The molecule has 0 saturated carbocycles. The molecule has 1 fully saturated rings. The monoisotopic (exact) mass is 443 g/mol. The van der Waals surface area contributed by atoms with E-state index in [0.717, 1.165) is 16.7 Å².